The van der Waals surface area contributed by atoms with Crippen LogP contribution in [0.5, 0.6) is 0 Å². The molecule has 3 rings (SSSR count). The molecule has 1 aliphatic heterocycles. The van der Waals surface area contributed by atoms with Crippen molar-refractivity contribution in [3.63, 3.8) is 0 Å². The van der Waals surface area contributed by atoms with E-state index in [4.69, 9.17) is 5.11 Å². The van der Waals surface area contributed by atoms with Crippen molar-refractivity contribution >= 4 is 5.91 Å². The number of amides is 1. The molecule has 0 saturated carbocycles. The number of nitrogens with zero attached hydrogens (tertiary/aromatic N) is 2. The number of aliphatic hydroxyl groups excluding tert-OH is 1. The Balaban J connectivity index is 1.70. The van der Waals surface area contributed by atoms with Crippen LogP contribution in [0.4, 0.5) is 0 Å². The molecule has 1 fully saturated rings. The SMILES string of the molecule is C=CCN1CCN(C(=O)c2cccc(-c3ccc(CCO)cc3)c2)CC1. The van der Waals surface area contributed by atoms with Crippen LogP contribution in [0.2, 0.25) is 0 Å². The second-order valence-corrected chi connectivity index (χ2v) is 6.63. The largest absolute Gasteiger partial charge is 0.396 e. The van der Waals surface area contributed by atoms with E-state index in [9.17, 15) is 4.79 Å². The Morgan fingerprint density at radius 2 is 1.77 bits per heavy atom. The maximum absolute atomic E-state index is 12.8. The number of hydrogen-bond donors (Lipinski definition) is 1. The van der Waals surface area contributed by atoms with Crippen molar-refractivity contribution < 1.29 is 9.90 Å². The second-order valence-electron chi connectivity index (χ2n) is 6.63. The molecule has 1 N–H and O–H groups in total. The molecule has 4 heteroatoms. The van der Waals surface area contributed by atoms with Gasteiger partial charge in [0, 0.05) is 44.9 Å². The molecule has 136 valence electrons. The van der Waals surface area contributed by atoms with Gasteiger partial charge in [0.15, 0.2) is 0 Å². The molecular weight excluding hydrogens is 324 g/mol. The Bertz CT molecular complexity index is 747. The standard InChI is InChI=1S/C22H26N2O2/c1-2-11-23-12-14-24(15-13-23)22(26)21-5-3-4-20(17-21)19-8-6-18(7-9-19)10-16-25/h2-9,17,25H,1,10-16H2. The van der Waals surface area contributed by atoms with E-state index in [0.717, 1.165) is 55.0 Å². The van der Waals surface area contributed by atoms with Crippen molar-refractivity contribution in [3.8, 4) is 11.1 Å². The molecule has 26 heavy (non-hydrogen) atoms. The zero-order chi connectivity index (χ0) is 18.4. The van der Waals surface area contributed by atoms with Gasteiger partial charge < -0.3 is 10.0 Å². The lowest BCUT2D eigenvalue weighted by atomic mass is 10.0. The summed E-state index contributed by atoms with van der Waals surface area (Å²) in [6.07, 6.45) is 2.57. The number of benzene rings is 2. The van der Waals surface area contributed by atoms with Crippen molar-refractivity contribution in [1.82, 2.24) is 9.80 Å². The number of aliphatic hydroxyl groups is 1. The molecular formula is C22H26N2O2. The van der Waals surface area contributed by atoms with Crippen LogP contribution in [-0.2, 0) is 6.42 Å². The lowest BCUT2D eigenvalue weighted by Gasteiger charge is -2.34. The summed E-state index contributed by atoms with van der Waals surface area (Å²) in [6.45, 7) is 8.11. The van der Waals surface area contributed by atoms with Gasteiger partial charge in [0.1, 0.15) is 0 Å². The second kappa shape index (κ2) is 8.79. The predicted molar refractivity (Wildman–Crippen MR) is 105 cm³/mol. The van der Waals surface area contributed by atoms with Crippen molar-refractivity contribution in [2.75, 3.05) is 39.3 Å². The Morgan fingerprint density at radius 3 is 2.42 bits per heavy atom. The van der Waals surface area contributed by atoms with Gasteiger partial charge in [0.2, 0.25) is 0 Å². The maximum atomic E-state index is 12.8. The van der Waals surface area contributed by atoms with Crippen LogP contribution in [0, 0.1) is 0 Å². The Labute approximate surface area is 155 Å². The van der Waals surface area contributed by atoms with Crippen molar-refractivity contribution in [2.45, 2.75) is 6.42 Å². The summed E-state index contributed by atoms with van der Waals surface area (Å²) in [5.41, 5.74) is 3.97. The van der Waals surface area contributed by atoms with Crippen molar-refractivity contribution in [2.24, 2.45) is 0 Å². The quantitative estimate of drug-likeness (QED) is 0.815. The number of carbonyl (C=O) groups is 1. The Morgan fingerprint density at radius 1 is 1.04 bits per heavy atom. The van der Waals surface area contributed by atoms with Crippen molar-refractivity contribution in [3.05, 3.63) is 72.3 Å². The van der Waals surface area contributed by atoms with Gasteiger partial charge >= 0.3 is 0 Å². The highest BCUT2D eigenvalue weighted by molar-refractivity contribution is 5.95. The lowest BCUT2D eigenvalue weighted by molar-refractivity contribution is 0.0650. The van der Waals surface area contributed by atoms with Crippen LogP contribution < -0.4 is 0 Å². The van der Waals surface area contributed by atoms with Gasteiger partial charge in [-0.05, 0) is 35.2 Å². The van der Waals surface area contributed by atoms with E-state index in [0.29, 0.717) is 6.42 Å². The number of rotatable bonds is 6. The molecule has 0 atom stereocenters. The maximum Gasteiger partial charge on any atom is 0.253 e. The van der Waals surface area contributed by atoms with Gasteiger partial charge in [0.05, 0.1) is 0 Å². The molecule has 1 saturated heterocycles. The van der Waals surface area contributed by atoms with E-state index < -0.39 is 0 Å². The van der Waals surface area contributed by atoms with E-state index in [1.165, 1.54) is 0 Å². The highest BCUT2D eigenvalue weighted by Gasteiger charge is 2.21. The Hall–Kier alpha value is -2.43. The molecule has 1 aliphatic rings. The zero-order valence-corrected chi connectivity index (χ0v) is 15.1. The van der Waals surface area contributed by atoms with Crippen LogP contribution >= 0.6 is 0 Å². The first-order valence-electron chi connectivity index (χ1n) is 9.14. The first-order valence-corrected chi connectivity index (χ1v) is 9.14. The first-order chi connectivity index (χ1) is 12.7. The molecule has 1 heterocycles. The average molecular weight is 350 g/mol. The highest BCUT2D eigenvalue weighted by atomic mass is 16.3. The molecule has 0 spiro atoms. The summed E-state index contributed by atoms with van der Waals surface area (Å²) in [7, 11) is 0. The summed E-state index contributed by atoms with van der Waals surface area (Å²) in [5, 5.41) is 9.02. The predicted octanol–water partition coefficient (Wildman–Crippen LogP) is 2.83. The molecule has 0 aromatic heterocycles. The molecule has 0 radical (unpaired) electrons. The Kier molecular flexibility index (Phi) is 6.21. The molecule has 0 unspecified atom stereocenters. The lowest BCUT2D eigenvalue weighted by Crippen LogP contribution is -2.48. The van der Waals surface area contributed by atoms with Crippen LogP contribution in [0.25, 0.3) is 11.1 Å². The summed E-state index contributed by atoms with van der Waals surface area (Å²) in [6, 6.07) is 16.0. The van der Waals surface area contributed by atoms with Crippen LogP contribution in [0.15, 0.2) is 61.2 Å². The highest BCUT2D eigenvalue weighted by Crippen LogP contribution is 2.22. The van der Waals surface area contributed by atoms with E-state index in [-0.39, 0.29) is 12.5 Å². The molecule has 1 amide bonds. The van der Waals surface area contributed by atoms with Gasteiger partial charge in [0.25, 0.3) is 5.91 Å². The molecule has 2 aromatic carbocycles. The van der Waals surface area contributed by atoms with Gasteiger partial charge in [-0.3, -0.25) is 9.69 Å². The van der Waals surface area contributed by atoms with Crippen molar-refractivity contribution in [1.29, 1.82) is 0 Å². The summed E-state index contributed by atoms with van der Waals surface area (Å²) in [5.74, 6) is 0.0991. The number of carbonyl (C=O) groups excluding carboxylic acids is 1. The van der Waals surface area contributed by atoms with Gasteiger partial charge in [-0.2, -0.15) is 0 Å². The molecule has 2 aromatic rings. The number of piperazine rings is 1. The average Bonchev–Trinajstić information content (AvgIpc) is 2.69. The smallest absolute Gasteiger partial charge is 0.253 e. The van der Waals surface area contributed by atoms with Crippen LogP contribution in [0.1, 0.15) is 15.9 Å². The first kappa shape index (κ1) is 18.4. The normalized spacial score (nSPS) is 15.0. The third-order valence-electron chi connectivity index (χ3n) is 4.84. The third-order valence-corrected chi connectivity index (χ3v) is 4.84. The van der Waals surface area contributed by atoms with Gasteiger partial charge in [-0.15, -0.1) is 6.58 Å². The van der Waals surface area contributed by atoms with Crippen LogP contribution in [-0.4, -0.2) is 60.1 Å². The third kappa shape index (κ3) is 4.40. The summed E-state index contributed by atoms with van der Waals surface area (Å²) in [4.78, 5) is 17.1. The topological polar surface area (TPSA) is 43.8 Å². The fraction of sp³-hybridized carbons (Fsp3) is 0.318. The summed E-state index contributed by atoms with van der Waals surface area (Å²) >= 11 is 0. The zero-order valence-electron chi connectivity index (χ0n) is 15.1. The molecule has 4 nitrogen and oxygen atoms in total. The van der Waals surface area contributed by atoms with E-state index in [2.05, 4.69) is 11.5 Å². The minimum atomic E-state index is 0.0991. The summed E-state index contributed by atoms with van der Waals surface area (Å²) < 4.78 is 0. The minimum absolute atomic E-state index is 0.0991. The molecule has 0 aliphatic carbocycles. The van der Waals surface area contributed by atoms with Crippen LogP contribution in [0.3, 0.4) is 0 Å². The van der Waals surface area contributed by atoms with Gasteiger partial charge in [-0.25, -0.2) is 0 Å². The fourth-order valence-electron chi connectivity index (χ4n) is 3.32. The van der Waals surface area contributed by atoms with E-state index >= 15 is 0 Å². The monoisotopic (exact) mass is 350 g/mol. The molecule has 0 bridgehead atoms. The number of hydrogen-bond acceptors (Lipinski definition) is 3. The van der Waals surface area contributed by atoms with E-state index in [1.54, 1.807) is 0 Å². The van der Waals surface area contributed by atoms with Gasteiger partial charge in [-0.1, -0.05) is 42.5 Å². The van der Waals surface area contributed by atoms with E-state index in [1.807, 2.05) is 59.5 Å². The fourth-order valence-corrected chi connectivity index (χ4v) is 3.32. The minimum Gasteiger partial charge on any atom is -0.396 e.